The number of thiazole rings is 1. The number of rotatable bonds is 5. The zero-order valence-corrected chi connectivity index (χ0v) is 17.7. The predicted molar refractivity (Wildman–Crippen MR) is 112 cm³/mol. The first-order valence-corrected chi connectivity index (χ1v) is 10.5. The lowest BCUT2D eigenvalue weighted by atomic mass is 10.2. The predicted octanol–water partition coefficient (Wildman–Crippen LogP) is 4.77. The highest BCUT2D eigenvalue weighted by Gasteiger charge is 2.21. The van der Waals surface area contributed by atoms with E-state index < -0.39 is 0 Å². The van der Waals surface area contributed by atoms with Gasteiger partial charge >= 0.3 is 0 Å². The third-order valence-corrected chi connectivity index (χ3v) is 6.28. The number of aryl methyl sites for hydroxylation is 1. The minimum absolute atomic E-state index is 0.137. The number of fused-ring (bicyclic) bond motifs is 1. The van der Waals surface area contributed by atoms with Crippen LogP contribution in [0.2, 0.25) is 5.02 Å². The molecule has 0 saturated carbocycles. The van der Waals surface area contributed by atoms with Crippen LogP contribution in [0, 0.1) is 6.92 Å². The largest absolute Gasteiger partial charge is 0.453 e. The third-order valence-electron chi connectivity index (χ3n) is 4.03. The smallest absolute Gasteiger partial charge is 0.239 e. The van der Waals surface area contributed by atoms with Gasteiger partial charge < -0.3 is 14.3 Å². The van der Waals surface area contributed by atoms with Gasteiger partial charge in [-0.05, 0) is 38.1 Å². The van der Waals surface area contributed by atoms with Crippen LogP contribution >= 0.6 is 34.7 Å². The van der Waals surface area contributed by atoms with Gasteiger partial charge in [-0.15, -0.1) is 21.5 Å². The van der Waals surface area contributed by atoms with E-state index in [1.54, 1.807) is 10.6 Å². The summed E-state index contributed by atoms with van der Waals surface area (Å²) in [5.74, 6) is 1.04. The van der Waals surface area contributed by atoms with Crippen LogP contribution in [0.5, 0.6) is 0 Å². The second-order valence-corrected chi connectivity index (χ2v) is 8.80. The maximum absolute atomic E-state index is 12.4. The molecule has 1 aromatic carbocycles. The molecule has 0 spiro atoms. The zero-order chi connectivity index (χ0) is 19.8. The second kappa shape index (κ2) is 7.57. The number of aromatic nitrogens is 4. The highest BCUT2D eigenvalue weighted by molar-refractivity contribution is 8.00. The number of anilines is 1. The Morgan fingerprint density at radius 1 is 1.36 bits per heavy atom. The second-order valence-electron chi connectivity index (χ2n) is 6.20. The van der Waals surface area contributed by atoms with Crippen molar-refractivity contribution in [3.05, 3.63) is 40.4 Å². The number of carbonyl (C=O) groups excluding carboxylic acids is 1. The Morgan fingerprint density at radius 2 is 2.18 bits per heavy atom. The van der Waals surface area contributed by atoms with E-state index >= 15 is 0 Å². The summed E-state index contributed by atoms with van der Waals surface area (Å²) in [6.45, 7) is 3.70. The molecule has 0 unspecified atom stereocenters. The van der Waals surface area contributed by atoms with Gasteiger partial charge in [0.25, 0.3) is 0 Å². The number of amides is 1. The van der Waals surface area contributed by atoms with Crippen LogP contribution in [-0.2, 0) is 11.8 Å². The van der Waals surface area contributed by atoms with E-state index in [4.69, 9.17) is 16.0 Å². The number of nitrogens with zero attached hydrogens (tertiary/aromatic N) is 4. The fraction of sp³-hybridized carbons (Fsp3) is 0.222. The van der Waals surface area contributed by atoms with E-state index in [9.17, 15) is 4.79 Å². The van der Waals surface area contributed by atoms with E-state index in [0.717, 1.165) is 16.7 Å². The molecule has 3 aromatic heterocycles. The number of hydrogen-bond donors (Lipinski definition) is 1. The Labute approximate surface area is 174 Å². The molecule has 1 N–H and O–H groups in total. The lowest BCUT2D eigenvalue weighted by Gasteiger charge is -2.09. The lowest BCUT2D eigenvalue weighted by molar-refractivity contribution is -0.115. The summed E-state index contributed by atoms with van der Waals surface area (Å²) in [5, 5.41) is 15.5. The van der Waals surface area contributed by atoms with Crippen LogP contribution in [-0.4, -0.2) is 30.9 Å². The molecule has 1 amide bonds. The summed E-state index contributed by atoms with van der Waals surface area (Å²) in [6.07, 6.45) is 0. The van der Waals surface area contributed by atoms with Gasteiger partial charge in [-0.25, -0.2) is 4.98 Å². The molecule has 1 atom stereocenters. The fourth-order valence-electron chi connectivity index (χ4n) is 2.59. The van der Waals surface area contributed by atoms with Crippen molar-refractivity contribution in [2.45, 2.75) is 24.3 Å². The van der Waals surface area contributed by atoms with Crippen molar-refractivity contribution in [3.63, 3.8) is 0 Å². The van der Waals surface area contributed by atoms with Crippen molar-refractivity contribution in [1.82, 2.24) is 19.7 Å². The van der Waals surface area contributed by atoms with E-state index in [-0.39, 0.29) is 11.2 Å². The van der Waals surface area contributed by atoms with Crippen LogP contribution in [0.25, 0.3) is 22.6 Å². The standard InChI is InChI=1S/C18H16ClN5O2S2/c1-9-8-27-17(20-9)21-16(25)10(2)28-18-23-22-15(24(18)3)14-7-11-6-12(19)4-5-13(11)26-14/h4-8,10H,1-3H3,(H,20,21,25)/t10-/m0/s1. The topological polar surface area (TPSA) is 85.8 Å². The summed E-state index contributed by atoms with van der Waals surface area (Å²) >= 11 is 8.76. The Balaban J connectivity index is 1.51. The Bertz CT molecular complexity index is 1170. The van der Waals surface area contributed by atoms with Crippen LogP contribution in [0.3, 0.4) is 0 Å². The number of carbonyl (C=O) groups is 1. The Hall–Kier alpha value is -2.36. The molecule has 4 rings (SSSR count). The van der Waals surface area contributed by atoms with Crippen molar-refractivity contribution in [1.29, 1.82) is 0 Å². The molecule has 4 aromatic rings. The van der Waals surface area contributed by atoms with Gasteiger partial charge in [0.15, 0.2) is 21.9 Å². The first kappa shape index (κ1) is 19.0. The number of thioether (sulfide) groups is 1. The van der Waals surface area contributed by atoms with Gasteiger partial charge in [0.2, 0.25) is 5.91 Å². The number of nitrogens with one attached hydrogen (secondary N) is 1. The van der Waals surface area contributed by atoms with E-state index in [1.807, 2.05) is 44.5 Å². The van der Waals surface area contributed by atoms with Crippen molar-refractivity contribution in [2.75, 3.05) is 5.32 Å². The molecule has 7 nitrogen and oxygen atoms in total. The first-order chi connectivity index (χ1) is 13.4. The number of furan rings is 1. The summed E-state index contributed by atoms with van der Waals surface area (Å²) in [4.78, 5) is 16.7. The van der Waals surface area contributed by atoms with E-state index in [2.05, 4.69) is 20.5 Å². The van der Waals surface area contributed by atoms with Gasteiger partial charge in [0.1, 0.15) is 5.58 Å². The van der Waals surface area contributed by atoms with Gasteiger partial charge in [0.05, 0.1) is 10.9 Å². The molecule has 144 valence electrons. The molecule has 0 bridgehead atoms. The minimum atomic E-state index is -0.366. The van der Waals surface area contributed by atoms with Crippen molar-refractivity contribution >= 4 is 56.7 Å². The van der Waals surface area contributed by atoms with Gasteiger partial charge in [-0.3, -0.25) is 4.79 Å². The average Bonchev–Trinajstić information content (AvgIpc) is 3.34. The number of hydrogen-bond acceptors (Lipinski definition) is 7. The third kappa shape index (κ3) is 3.78. The summed E-state index contributed by atoms with van der Waals surface area (Å²) < 4.78 is 7.67. The highest BCUT2D eigenvalue weighted by Crippen LogP contribution is 2.31. The number of halogens is 1. The molecule has 0 radical (unpaired) electrons. The molecule has 0 fully saturated rings. The van der Waals surface area contributed by atoms with Gasteiger partial charge in [-0.1, -0.05) is 23.4 Å². The van der Waals surface area contributed by atoms with E-state index in [0.29, 0.717) is 26.9 Å². The maximum Gasteiger partial charge on any atom is 0.239 e. The highest BCUT2D eigenvalue weighted by atomic mass is 35.5. The summed E-state index contributed by atoms with van der Waals surface area (Å²) in [6, 6.07) is 7.31. The van der Waals surface area contributed by atoms with Crippen LogP contribution in [0.1, 0.15) is 12.6 Å². The minimum Gasteiger partial charge on any atom is -0.453 e. The molecule has 0 aliphatic rings. The molecule has 0 saturated heterocycles. The van der Waals surface area contributed by atoms with E-state index in [1.165, 1.54) is 23.1 Å². The van der Waals surface area contributed by atoms with Crippen LogP contribution in [0.15, 0.2) is 39.2 Å². The molecule has 10 heteroatoms. The monoisotopic (exact) mass is 433 g/mol. The molecular weight excluding hydrogens is 418 g/mol. The van der Waals surface area contributed by atoms with Crippen molar-refractivity contribution < 1.29 is 9.21 Å². The lowest BCUT2D eigenvalue weighted by Crippen LogP contribution is -2.22. The molecule has 28 heavy (non-hydrogen) atoms. The van der Waals surface area contributed by atoms with Crippen LogP contribution in [0.4, 0.5) is 5.13 Å². The SMILES string of the molecule is Cc1csc(NC(=O)[C@H](C)Sc2nnc(-c3cc4cc(Cl)ccc4o3)n2C)n1. The molecule has 3 heterocycles. The summed E-state index contributed by atoms with van der Waals surface area (Å²) in [7, 11) is 1.84. The van der Waals surface area contributed by atoms with Gasteiger partial charge in [0, 0.05) is 22.8 Å². The molecular formula is C18H16ClN5O2S2. The van der Waals surface area contributed by atoms with Crippen molar-refractivity contribution in [3.8, 4) is 11.6 Å². The Kier molecular flexibility index (Phi) is 5.13. The van der Waals surface area contributed by atoms with Crippen LogP contribution < -0.4 is 5.32 Å². The quantitative estimate of drug-likeness (QED) is 0.456. The average molecular weight is 434 g/mol. The van der Waals surface area contributed by atoms with Gasteiger partial charge in [-0.2, -0.15) is 0 Å². The molecule has 0 aliphatic carbocycles. The fourth-order valence-corrected chi connectivity index (χ4v) is 4.27. The Morgan fingerprint density at radius 3 is 2.93 bits per heavy atom. The number of benzene rings is 1. The van der Waals surface area contributed by atoms with Crippen molar-refractivity contribution in [2.24, 2.45) is 7.05 Å². The zero-order valence-electron chi connectivity index (χ0n) is 15.3. The maximum atomic E-state index is 12.4. The summed E-state index contributed by atoms with van der Waals surface area (Å²) in [5.41, 5.74) is 1.61. The normalized spacial score (nSPS) is 12.4. The first-order valence-electron chi connectivity index (χ1n) is 8.39. The molecule has 0 aliphatic heterocycles.